The van der Waals surface area contributed by atoms with Crippen LogP contribution in [0, 0.1) is 18.8 Å². The molecule has 20 heteroatoms. The molecule has 1 atom stereocenters. The minimum Gasteiger partial charge on any atom is -0.496 e. The van der Waals surface area contributed by atoms with Crippen LogP contribution in [0.1, 0.15) is 64.6 Å². The maximum atomic E-state index is 14.0. The predicted molar refractivity (Wildman–Crippen MR) is 246 cm³/mol. The van der Waals surface area contributed by atoms with Crippen molar-refractivity contribution in [2.24, 2.45) is 11.8 Å². The van der Waals surface area contributed by atoms with Gasteiger partial charge in [0.05, 0.1) is 38.0 Å². The van der Waals surface area contributed by atoms with E-state index in [1.165, 1.54) is 59.4 Å². The van der Waals surface area contributed by atoms with E-state index in [1.54, 1.807) is 53.3 Å². The van der Waals surface area contributed by atoms with Crippen LogP contribution in [-0.2, 0) is 19.2 Å². The molecule has 0 bridgehead atoms. The Morgan fingerprint density at radius 2 is 1.65 bits per heavy atom. The number of aryl methyl sites for hydroxylation is 1. The Kier molecular flexibility index (Phi) is 14.9. The monoisotopic (exact) mass is 948 g/mol. The summed E-state index contributed by atoms with van der Waals surface area (Å²) in [6.07, 6.45) is 9.34. The number of piperazine rings is 1. The maximum absolute atomic E-state index is 14.0. The Bertz CT molecular complexity index is 2480. The van der Waals surface area contributed by atoms with Crippen LogP contribution in [0.3, 0.4) is 0 Å². The van der Waals surface area contributed by atoms with Crippen LogP contribution < -0.4 is 26.0 Å². The van der Waals surface area contributed by atoms with Crippen LogP contribution in [0.25, 0.3) is 6.08 Å². The molecule has 7 rings (SSSR count). The van der Waals surface area contributed by atoms with Gasteiger partial charge in [-0.2, -0.15) is 0 Å². The number of hydrogen-bond acceptors (Lipinski definition) is 13. The third-order valence-electron chi connectivity index (χ3n) is 10.3. The molecule has 2 aliphatic carbocycles. The zero-order valence-electron chi connectivity index (χ0n) is 34.7. The number of ether oxygens (including phenoxy) is 1. The zero-order valence-corrected chi connectivity index (χ0v) is 38.7. The van der Waals surface area contributed by atoms with Crippen molar-refractivity contribution in [3.63, 3.8) is 0 Å². The quantitative estimate of drug-likeness (QED) is 0.0631. The van der Waals surface area contributed by atoms with E-state index < -0.39 is 0 Å². The number of nitrogens with zero attached hydrogens (tertiary/aromatic N) is 4. The third-order valence-corrected chi connectivity index (χ3v) is 14.9. The van der Waals surface area contributed by atoms with E-state index in [2.05, 4.69) is 37.8 Å². The first-order chi connectivity index (χ1) is 30.3. The predicted octanol–water partition coefficient (Wildman–Crippen LogP) is 6.99. The summed E-state index contributed by atoms with van der Waals surface area (Å²) in [5.41, 5.74) is 1.89. The number of hydrogen-bond donors (Lipinski definition) is 4. The van der Waals surface area contributed by atoms with Gasteiger partial charge in [0.25, 0.3) is 11.8 Å². The summed E-state index contributed by atoms with van der Waals surface area (Å²) >= 11 is 12.0. The molecule has 1 saturated heterocycles. The van der Waals surface area contributed by atoms with E-state index >= 15 is 0 Å². The summed E-state index contributed by atoms with van der Waals surface area (Å²) < 4.78 is 7.08. The molecule has 2 saturated carbocycles. The van der Waals surface area contributed by atoms with E-state index in [0.717, 1.165) is 40.9 Å². The van der Waals surface area contributed by atoms with Gasteiger partial charge in [0.1, 0.15) is 5.75 Å². The van der Waals surface area contributed by atoms with Crippen molar-refractivity contribution in [2.75, 3.05) is 50.5 Å². The number of rotatable bonds is 17. The third kappa shape index (κ3) is 11.9. The molecule has 4 aromatic rings. The van der Waals surface area contributed by atoms with Gasteiger partial charge in [0, 0.05) is 72.0 Å². The second kappa shape index (κ2) is 20.5. The lowest BCUT2D eigenvalue weighted by molar-refractivity contribution is -0.130. The molecule has 1 aliphatic heterocycles. The molecular formula is C43H45ClN8O7S4. The highest BCUT2D eigenvalue weighted by Gasteiger charge is 2.33. The van der Waals surface area contributed by atoms with Crippen LogP contribution in [0.5, 0.6) is 5.75 Å². The summed E-state index contributed by atoms with van der Waals surface area (Å²) in [6.45, 7) is 8.38. The number of benzene rings is 2. The van der Waals surface area contributed by atoms with Gasteiger partial charge in [0.15, 0.2) is 10.3 Å². The lowest BCUT2D eigenvalue weighted by Crippen LogP contribution is -2.55. The molecule has 6 amide bonds. The molecule has 0 radical (unpaired) electrons. The number of amides is 6. The first-order valence-electron chi connectivity index (χ1n) is 20.2. The summed E-state index contributed by atoms with van der Waals surface area (Å²) in [5, 5.41) is 12.5. The minimum atomic E-state index is -0.341. The lowest BCUT2D eigenvalue weighted by atomic mass is 10.1. The Morgan fingerprint density at radius 1 is 0.937 bits per heavy atom. The van der Waals surface area contributed by atoms with Crippen LogP contribution in [0.2, 0.25) is 5.02 Å². The van der Waals surface area contributed by atoms with Crippen molar-refractivity contribution in [1.29, 1.82) is 0 Å². The van der Waals surface area contributed by atoms with Crippen LogP contribution in [0.4, 0.5) is 10.3 Å². The van der Waals surface area contributed by atoms with Gasteiger partial charge in [-0.05, 0) is 87.6 Å². The molecule has 0 spiro atoms. The van der Waals surface area contributed by atoms with Crippen molar-refractivity contribution in [3.05, 3.63) is 82.7 Å². The SMILES string of the molecule is C=CC(=O)NCCNC(=O)c1cc(Sc2sc(NC(=O)C3CC3)nc2C=CC(=O)N2CCN(C(=O)c3cc(Sc4cnc(NC(=O)C5CC5)s4)ccc3OC)C[C@H]2C)c(Cl)cc1C. The Labute approximate surface area is 385 Å². The van der Waals surface area contributed by atoms with E-state index in [4.69, 9.17) is 16.3 Å². The highest BCUT2D eigenvalue weighted by molar-refractivity contribution is 8.01. The summed E-state index contributed by atoms with van der Waals surface area (Å²) in [6, 6.07) is 8.47. The van der Waals surface area contributed by atoms with Gasteiger partial charge in [-0.1, -0.05) is 64.4 Å². The maximum Gasteiger partial charge on any atom is 0.257 e. The molecule has 4 N–H and O–H groups in total. The molecule has 2 aromatic carbocycles. The second-order valence-electron chi connectivity index (χ2n) is 15.1. The van der Waals surface area contributed by atoms with Crippen LogP contribution >= 0.6 is 57.8 Å². The standard InChI is InChI=1S/C43H45ClN8O7S4/c1-5-34(53)45-14-15-46-39(57)28-20-33(30(44)18-23(28)2)61-41-31(48-43(63-41)50-38(56)26-8-9-26)11-13-35(54)52-17-16-51(22-24(52)3)40(58)29-19-27(10-12-32(29)59-4)60-36-21-47-42(62-36)49-37(55)25-6-7-25/h5,10-13,18-21,24-26H,1,6-9,14-17,22H2,2-4H3,(H,45,53)(H,46,57)(H,47,49,55)(H,48,50,56)/t24-/m1/s1. The lowest BCUT2D eigenvalue weighted by Gasteiger charge is -2.39. The number of halogens is 1. The molecule has 2 aromatic heterocycles. The number of thiazole rings is 2. The van der Waals surface area contributed by atoms with Crippen LogP contribution in [0.15, 0.2) is 73.5 Å². The van der Waals surface area contributed by atoms with Gasteiger partial charge < -0.3 is 35.8 Å². The smallest absolute Gasteiger partial charge is 0.257 e. The number of nitrogens with one attached hydrogen (secondary N) is 4. The molecule has 3 fully saturated rings. The Hall–Kier alpha value is -5.21. The zero-order chi connectivity index (χ0) is 44.8. The number of methoxy groups -OCH3 is 1. The highest BCUT2D eigenvalue weighted by Crippen LogP contribution is 2.43. The van der Waals surface area contributed by atoms with E-state index in [0.29, 0.717) is 59.1 Å². The van der Waals surface area contributed by atoms with Crippen molar-refractivity contribution in [3.8, 4) is 5.75 Å². The Balaban J connectivity index is 1.01. The number of anilines is 2. The fourth-order valence-electron chi connectivity index (χ4n) is 6.54. The molecule has 3 aliphatic rings. The van der Waals surface area contributed by atoms with Crippen molar-refractivity contribution in [2.45, 2.75) is 63.8 Å². The highest BCUT2D eigenvalue weighted by atomic mass is 35.5. The first-order valence-corrected chi connectivity index (χ1v) is 23.8. The molecule has 63 heavy (non-hydrogen) atoms. The fraction of sp³-hybridized carbons (Fsp3) is 0.349. The average molecular weight is 950 g/mol. The summed E-state index contributed by atoms with van der Waals surface area (Å²) in [5.74, 6) is -0.836. The van der Waals surface area contributed by atoms with Gasteiger partial charge >= 0.3 is 0 Å². The van der Waals surface area contributed by atoms with E-state index in [9.17, 15) is 28.8 Å². The summed E-state index contributed by atoms with van der Waals surface area (Å²) in [7, 11) is 1.52. The second-order valence-corrected chi connectivity index (χ2v) is 20.2. The molecule has 15 nitrogen and oxygen atoms in total. The first kappa shape index (κ1) is 45.8. The van der Waals surface area contributed by atoms with Crippen LogP contribution in [-0.4, -0.2) is 101 Å². The Morgan fingerprint density at radius 3 is 2.33 bits per heavy atom. The average Bonchev–Trinajstić information content (AvgIpc) is 4.21. The van der Waals surface area contributed by atoms with Gasteiger partial charge in [-0.25, -0.2) is 9.97 Å². The van der Waals surface area contributed by atoms with Gasteiger partial charge in [-0.3, -0.25) is 28.8 Å². The minimum absolute atomic E-state index is 0.00649. The fourth-order valence-corrected chi connectivity index (χ4v) is 10.9. The number of aromatic nitrogens is 2. The molecule has 3 heterocycles. The topological polar surface area (TPSA) is 192 Å². The van der Waals surface area contributed by atoms with E-state index in [1.807, 2.05) is 13.0 Å². The van der Waals surface area contributed by atoms with Gasteiger partial charge in [0.2, 0.25) is 23.6 Å². The molecular weight excluding hydrogens is 904 g/mol. The molecule has 330 valence electrons. The molecule has 0 unspecified atom stereocenters. The normalized spacial score (nSPS) is 16.1. The number of carbonyl (C=O) groups excluding carboxylic acids is 6. The van der Waals surface area contributed by atoms with Crippen molar-refractivity contribution >= 4 is 110 Å². The largest absolute Gasteiger partial charge is 0.496 e. The van der Waals surface area contributed by atoms with Crippen molar-refractivity contribution < 1.29 is 33.5 Å². The van der Waals surface area contributed by atoms with Gasteiger partial charge in [-0.15, -0.1) is 0 Å². The summed E-state index contributed by atoms with van der Waals surface area (Å²) in [4.78, 5) is 91.1. The van der Waals surface area contributed by atoms with Crippen molar-refractivity contribution in [1.82, 2.24) is 30.4 Å². The van der Waals surface area contributed by atoms with E-state index in [-0.39, 0.29) is 79.5 Å². The number of carbonyl (C=O) groups is 6.